The van der Waals surface area contributed by atoms with Crippen molar-refractivity contribution in [1.29, 1.82) is 0 Å². The molecule has 2 N–H and O–H groups in total. The summed E-state index contributed by atoms with van der Waals surface area (Å²) >= 11 is 0. The van der Waals surface area contributed by atoms with Crippen LogP contribution < -0.4 is 10.3 Å². The Hall–Kier alpha value is -3.31. The monoisotopic (exact) mass is 364 g/mol. The third kappa shape index (κ3) is 5.09. The van der Waals surface area contributed by atoms with E-state index >= 15 is 0 Å². The van der Waals surface area contributed by atoms with Gasteiger partial charge in [-0.25, -0.2) is 8.42 Å². The molecule has 0 radical (unpaired) electrons. The fourth-order valence-electron chi connectivity index (χ4n) is 1.78. The lowest BCUT2D eigenvalue weighted by molar-refractivity contribution is -0.393. The zero-order valence-electron chi connectivity index (χ0n) is 12.5. The van der Waals surface area contributed by atoms with E-state index in [2.05, 4.69) is 5.43 Å². The lowest BCUT2D eigenvalue weighted by atomic mass is 10.2. The number of sulfonamides is 1. The first-order chi connectivity index (χ1) is 11.8. The molecule has 0 unspecified atom stereocenters. The third-order valence-electron chi connectivity index (χ3n) is 2.96. The number of hydrogen-bond donors (Lipinski definition) is 2. The molecule has 0 aliphatic carbocycles. The van der Waals surface area contributed by atoms with Crippen molar-refractivity contribution in [3.8, 4) is 0 Å². The number of hydrogen-bond acceptors (Lipinski definition) is 7. The van der Waals surface area contributed by atoms with E-state index in [1.54, 1.807) is 30.3 Å². The van der Waals surface area contributed by atoms with Crippen LogP contribution in [0.3, 0.4) is 0 Å². The van der Waals surface area contributed by atoms with E-state index < -0.39 is 31.2 Å². The van der Waals surface area contributed by atoms with Crippen LogP contribution in [0.25, 0.3) is 6.08 Å². The molecule has 11 heteroatoms. The van der Waals surface area contributed by atoms with E-state index in [-0.39, 0.29) is 5.69 Å². The minimum Gasteiger partial charge on any atom is -0.302 e. The van der Waals surface area contributed by atoms with Crippen LogP contribution in [-0.4, -0.2) is 18.3 Å². The number of anilines is 1. The highest BCUT2D eigenvalue weighted by Crippen LogP contribution is 2.28. The van der Waals surface area contributed by atoms with Crippen molar-refractivity contribution in [3.05, 3.63) is 79.7 Å². The van der Waals surface area contributed by atoms with Crippen LogP contribution >= 0.6 is 0 Å². The summed E-state index contributed by atoms with van der Waals surface area (Å²) in [7, 11) is -3.95. The quantitative estimate of drug-likeness (QED) is 0.567. The van der Waals surface area contributed by atoms with Crippen LogP contribution in [0.1, 0.15) is 5.56 Å². The lowest BCUT2D eigenvalue weighted by Gasteiger charge is -2.07. The van der Waals surface area contributed by atoms with Gasteiger partial charge < -0.3 is 5.43 Å². The van der Waals surface area contributed by atoms with Gasteiger partial charge in [-0.05, 0) is 17.7 Å². The minimum atomic E-state index is -3.95. The number of hydrazine groups is 1. The molecular formula is C14H12N4O6S. The Morgan fingerprint density at radius 3 is 2.24 bits per heavy atom. The molecule has 0 bridgehead atoms. The number of nitrogens with one attached hydrogen (secondary N) is 2. The van der Waals surface area contributed by atoms with Gasteiger partial charge in [0.15, 0.2) is 0 Å². The Bertz CT molecular complexity index is 928. The maximum absolute atomic E-state index is 11.9. The van der Waals surface area contributed by atoms with Gasteiger partial charge in [-0.15, -0.1) is 4.83 Å². The predicted octanol–water partition coefficient (Wildman–Crippen LogP) is 2.42. The SMILES string of the molecule is O=[N+]([O-])c1ccc(NNS(=O)(=O)C=Cc2ccccc2)c([N+](=O)[O-])c1. The summed E-state index contributed by atoms with van der Waals surface area (Å²) in [5.74, 6) is 0. The van der Waals surface area contributed by atoms with Gasteiger partial charge in [0.25, 0.3) is 5.69 Å². The Morgan fingerprint density at radius 1 is 0.960 bits per heavy atom. The van der Waals surface area contributed by atoms with Crippen molar-refractivity contribution in [2.24, 2.45) is 0 Å². The molecule has 0 saturated carbocycles. The summed E-state index contributed by atoms with van der Waals surface area (Å²) in [6.07, 6.45) is 1.34. The minimum absolute atomic E-state index is 0.229. The standard InChI is InChI=1S/C14H12N4O6S/c19-17(20)12-6-7-13(14(10-12)18(21)22)15-16-25(23,24)9-8-11-4-2-1-3-5-11/h1-10,15-16H. The molecule has 0 aliphatic heterocycles. The molecule has 0 aliphatic rings. The van der Waals surface area contributed by atoms with Gasteiger partial charge >= 0.3 is 5.69 Å². The van der Waals surface area contributed by atoms with Gasteiger partial charge in [0, 0.05) is 11.5 Å². The maximum Gasteiger partial charge on any atom is 0.300 e. The Kier molecular flexibility index (Phi) is 5.41. The Labute approximate surface area is 142 Å². The van der Waals surface area contributed by atoms with Gasteiger partial charge in [-0.2, -0.15) is 0 Å². The topological polar surface area (TPSA) is 144 Å². The van der Waals surface area contributed by atoms with Crippen molar-refractivity contribution in [2.75, 3.05) is 5.43 Å². The molecule has 10 nitrogen and oxygen atoms in total. The second kappa shape index (κ2) is 7.51. The zero-order valence-corrected chi connectivity index (χ0v) is 13.3. The summed E-state index contributed by atoms with van der Waals surface area (Å²) in [6, 6.07) is 11.4. The van der Waals surface area contributed by atoms with E-state index in [0.717, 1.165) is 23.6 Å². The fourth-order valence-corrected chi connectivity index (χ4v) is 2.44. The van der Waals surface area contributed by atoms with Crippen LogP contribution in [0, 0.1) is 20.2 Å². The molecule has 0 fully saturated rings. The van der Waals surface area contributed by atoms with E-state index in [9.17, 15) is 28.6 Å². The second-order valence-corrected chi connectivity index (χ2v) is 6.27. The maximum atomic E-state index is 11.9. The smallest absolute Gasteiger partial charge is 0.300 e. The molecule has 0 amide bonds. The third-order valence-corrected chi connectivity index (χ3v) is 3.84. The molecule has 2 aromatic rings. The molecule has 0 aromatic heterocycles. The summed E-state index contributed by atoms with van der Waals surface area (Å²) < 4.78 is 23.8. The van der Waals surface area contributed by atoms with Crippen molar-refractivity contribution >= 4 is 33.2 Å². The largest absolute Gasteiger partial charge is 0.302 e. The summed E-state index contributed by atoms with van der Waals surface area (Å²) in [4.78, 5) is 22.0. The number of benzene rings is 2. The average Bonchev–Trinajstić information content (AvgIpc) is 2.59. The van der Waals surface area contributed by atoms with Gasteiger partial charge in [0.2, 0.25) is 10.0 Å². The normalized spacial score (nSPS) is 11.4. The fraction of sp³-hybridized carbons (Fsp3) is 0. The van der Waals surface area contributed by atoms with Crippen molar-refractivity contribution < 1.29 is 18.3 Å². The Balaban J connectivity index is 2.16. The molecule has 2 aromatic carbocycles. The van der Waals surface area contributed by atoms with Gasteiger partial charge in [-0.1, -0.05) is 30.3 Å². The van der Waals surface area contributed by atoms with Gasteiger partial charge in [-0.3, -0.25) is 20.2 Å². The van der Waals surface area contributed by atoms with E-state index in [4.69, 9.17) is 0 Å². The summed E-state index contributed by atoms with van der Waals surface area (Å²) in [6.45, 7) is 0. The zero-order chi connectivity index (χ0) is 18.4. The number of nitro groups is 2. The summed E-state index contributed by atoms with van der Waals surface area (Å²) in [5.41, 5.74) is 1.48. The lowest BCUT2D eigenvalue weighted by Crippen LogP contribution is -2.27. The van der Waals surface area contributed by atoms with Crippen molar-refractivity contribution in [2.45, 2.75) is 0 Å². The molecule has 25 heavy (non-hydrogen) atoms. The first-order valence-electron chi connectivity index (χ1n) is 6.72. The van der Waals surface area contributed by atoms with E-state index in [1.165, 1.54) is 6.08 Å². The average molecular weight is 364 g/mol. The van der Waals surface area contributed by atoms with Gasteiger partial charge in [0.05, 0.1) is 15.9 Å². The number of nitrogens with zero attached hydrogens (tertiary/aromatic N) is 2. The van der Waals surface area contributed by atoms with Crippen LogP contribution in [0.15, 0.2) is 53.9 Å². The first-order valence-corrected chi connectivity index (χ1v) is 8.27. The molecule has 0 saturated heterocycles. The van der Waals surface area contributed by atoms with Gasteiger partial charge in [0.1, 0.15) is 5.69 Å². The van der Waals surface area contributed by atoms with Crippen LogP contribution in [0.5, 0.6) is 0 Å². The highest BCUT2D eigenvalue weighted by atomic mass is 32.2. The van der Waals surface area contributed by atoms with Crippen LogP contribution in [-0.2, 0) is 10.0 Å². The second-order valence-electron chi connectivity index (χ2n) is 4.70. The highest BCUT2D eigenvalue weighted by Gasteiger charge is 2.20. The molecule has 0 heterocycles. The number of rotatable bonds is 7. The number of nitro benzene ring substituents is 2. The van der Waals surface area contributed by atoms with E-state index in [1.807, 2.05) is 4.83 Å². The molecule has 130 valence electrons. The van der Waals surface area contributed by atoms with Crippen molar-refractivity contribution in [3.63, 3.8) is 0 Å². The predicted molar refractivity (Wildman–Crippen MR) is 90.9 cm³/mol. The first kappa shape index (κ1) is 18.0. The molecule has 0 atom stereocenters. The molecular weight excluding hydrogens is 352 g/mol. The van der Waals surface area contributed by atoms with Crippen molar-refractivity contribution in [1.82, 2.24) is 4.83 Å². The number of non-ortho nitro benzene ring substituents is 1. The summed E-state index contributed by atoms with van der Waals surface area (Å²) in [5, 5.41) is 22.5. The highest BCUT2D eigenvalue weighted by molar-refractivity contribution is 7.92. The van der Waals surface area contributed by atoms with E-state index in [0.29, 0.717) is 5.56 Å². The molecule has 0 spiro atoms. The van der Waals surface area contributed by atoms with Crippen LogP contribution in [0.4, 0.5) is 17.1 Å². The molecule has 2 rings (SSSR count). The van der Waals surface area contributed by atoms with Crippen LogP contribution in [0.2, 0.25) is 0 Å². The Morgan fingerprint density at radius 2 is 1.64 bits per heavy atom.